The summed E-state index contributed by atoms with van der Waals surface area (Å²) in [6.45, 7) is 2.02. The Morgan fingerprint density at radius 3 is 2.52 bits per heavy atom. The maximum absolute atomic E-state index is 12.5. The lowest BCUT2D eigenvalue weighted by atomic mass is 10.0. The fourth-order valence-corrected chi connectivity index (χ4v) is 3.80. The average molecular weight is 325 g/mol. The summed E-state index contributed by atoms with van der Waals surface area (Å²) in [5.41, 5.74) is 0.933. The van der Waals surface area contributed by atoms with Crippen molar-refractivity contribution < 1.29 is 8.42 Å². The monoisotopic (exact) mass is 324 g/mol. The Morgan fingerprint density at radius 1 is 1.19 bits per heavy atom. The summed E-state index contributed by atoms with van der Waals surface area (Å²) in [4.78, 5) is 3.82. The summed E-state index contributed by atoms with van der Waals surface area (Å²) in [7, 11) is -3.70. The molecule has 0 aliphatic rings. The molecule has 1 heterocycles. The van der Waals surface area contributed by atoms with Crippen molar-refractivity contribution in [2.45, 2.75) is 30.7 Å². The van der Waals surface area contributed by atoms with Crippen LogP contribution in [0.2, 0.25) is 5.15 Å². The predicted octanol–water partition coefficient (Wildman–Crippen LogP) is 3.55. The van der Waals surface area contributed by atoms with E-state index in [1.807, 2.05) is 37.3 Å². The van der Waals surface area contributed by atoms with E-state index >= 15 is 0 Å². The van der Waals surface area contributed by atoms with Crippen molar-refractivity contribution >= 4 is 21.6 Å². The Labute approximate surface area is 130 Å². The lowest BCUT2D eigenvalue weighted by Crippen LogP contribution is -2.29. The maximum atomic E-state index is 12.5. The van der Waals surface area contributed by atoms with E-state index in [0.29, 0.717) is 6.42 Å². The zero-order valence-electron chi connectivity index (χ0n) is 11.7. The molecule has 0 radical (unpaired) electrons. The van der Waals surface area contributed by atoms with E-state index in [2.05, 4.69) is 9.71 Å². The van der Waals surface area contributed by atoms with Crippen LogP contribution in [0.25, 0.3) is 0 Å². The molecular formula is C15H17ClN2O2S. The largest absolute Gasteiger partial charge is 0.244 e. The smallest absolute Gasteiger partial charge is 0.243 e. The van der Waals surface area contributed by atoms with Gasteiger partial charge in [-0.15, -0.1) is 0 Å². The summed E-state index contributed by atoms with van der Waals surface area (Å²) in [5, 5.41) is -0.0201. The van der Waals surface area contributed by atoms with E-state index in [0.717, 1.165) is 12.0 Å². The van der Waals surface area contributed by atoms with Crippen LogP contribution in [-0.2, 0) is 10.0 Å². The highest BCUT2D eigenvalue weighted by atomic mass is 35.5. The molecule has 1 aromatic carbocycles. The van der Waals surface area contributed by atoms with Crippen molar-refractivity contribution in [2.75, 3.05) is 0 Å². The molecule has 1 N–H and O–H groups in total. The number of pyridine rings is 1. The minimum absolute atomic E-state index is 0.00343. The molecule has 1 atom stereocenters. The molecule has 0 amide bonds. The lowest BCUT2D eigenvalue weighted by molar-refractivity contribution is 0.536. The first-order valence-corrected chi connectivity index (χ1v) is 8.58. The summed E-state index contributed by atoms with van der Waals surface area (Å²) >= 11 is 5.89. The number of aromatic nitrogens is 1. The first kappa shape index (κ1) is 15.9. The third kappa shape index (κ3) is 4.03. The van der Waals surface area contributed by atoms with Crippen LogP contribution in [0, 0.1) is 0 Å². The molecule has 21 heavy (non-hydrogen) atoms. The molecule has 2 aromatic rings. The second kappa shape index (κ2) is 7.02. The molecule has 1 aromatic heterocycles. The van der Waals surface area contributed by atoms with E-state index in [9.17, 15) is 8.42 Å². The highest BCUT2D eigenvalue weighted by molar-refractivity contribution is 7.89. The van der Waals surface area contributed by atoms with Crippen molar-refractivity contribution in [3.8, 4) is 0 Å². The van der Waals surface area contributed by atoms with E-state index in [1.165, 1.54) is 12.3 Å². The Hall–Kier alpha value is -1.43. The van der Waals surface area contributed by atoms with Gasteiger partial charge in [-0.1, -0.05) is 55.3 Å². The van der Waals surface area contributed by atoms with Gasteiger partial charge in [0.05, 0.1) is 0 Å². The zero-order valence-corrected chi connectivity index (χ0v) is 13.2. The number of hydrogen-bond acceptors (Lipinski definition) is 3. The molecule has 2 rings (SSSR count). The highest BCUT2D eigenvalue weighted by Crippen LogP contribution is 2.24. The first-order chi connectivity index (χ1) is 10.0. The fraction of sp³-hybridized carbons (Fsp3) is 0.267. The van der Waals surface area contributed by atoms with Gasteiger partial charge in [0.2, 0.25) is 10.0 Å². The number of hydrogen-bond donors (Lipinski definition) is 1. The van der Waals surface area contributed by atoms with Gasteiger partial charge < -0.3 is 0 Å². The van der Waals surface area contributed by atoms with Crippen molar-refractivity contribution in [1.82, 2.24) is 9.71 Å². The standard InChI is InChI=1S/C15H17ClN2O2S/c1-2-7-13(12-8-4-3-5-9-12)18-21(19,20)14-10-6-11-17-15(14)16/h3-6,8-11,13,18H,2,7H2,1H3. The minimum Gasteiger partial charge on any atom is -0.243 e. The second-order valence-electron chi connectivity index (χ2n) is 4.67. The molecule has 0 saturated carbocycles. The molecule has 4 nitrogen and oxygen atoms in total. The summed E-state index contributed by atoms with van der Waals surface area (Å²) in [5.74, 6) is 0. The van der Waals surface area contributed by atoms with Gasteiger partial charge in [0.1, 0.15) is 10.0 Å². The predicted molar refractivity (Wildman–Crippen MR) is 83.7 cm³/mol. The van der Waals surface area contributed by atoms with Gasteiger partial charge in [0.15, 0.2) is 0 Å². The Bertz CT molecular complexity index is 690. The van der Waals surface area contributed by atoms with Gasteiger partial charge in [-0.3, -0.25) is 0 Å². The third-order valence-corrected chi connectivity index (χ3v) is 5.01. The van der Waals surface area contributed by atoms with Crippen LogP contribution in [0.3, 0.4) is 0 Å². The van der Waals surface area contributed by atoms with Crippen LogP contribution < -0.4 is 4.72 Å². The molecule has 0 aliphatic carbocycles. The SMILES string of the molecule is CCCC(NS(=O)(=O)c1cccnc1Cl)c1ccccc1. The second-order valence-corrected chi connectivity index (χ2v) is 6.71. The Morgan fingerprint density at radius 2 is 1.90 bits per heavy atom. The third-order valence-electron chi connectivity index (χ3n) is 3.09. The Balaban J connectivity index is 2.30. The molecule has 6 heteroatoms. The van der Waals surface area contributed by atoms with E-state index in [-0.39, 0.29) is 16.1 Å². The number of benzene rings is 1. The van der Waals surface area contributed by atoms with Crippen LogP contribution in [-0.4, -0.2) is 13.4 Å². The molecule has 1 unspecified atom stereocenters. The summed E-state index contributed by atoms with van der Waals surface area (Å²) < 4.78 is 27.7. The Kier molecular flexibility index (Phi) is 5.33. The molecule has 0 spiro atoms. The van der Waals surface area contributed by atoms with Gasteiger partial charge in [0.25, 0.3) is 0 Å². The topological polar surface area (TPSA) is 59.1 Å². The molecule has 0 fully saturated rings. The van der Waals surface area contributed by atoms with Crippen LogP contribution in [0.5, 0.6) is 0 Å². The van der Waals surface area contributed by atoms with E-state index in [1.54, 1.807) is 6.07 Å². The van der Waals surface area contributed by atoms with Gasteiger partial charge in [-0.25, -0.2) is 18.1 Å². The van der Waals surface area contributed by atoms with Gasteiger partial charge in [-0.2, -0.15) is 0 Å². The minimum atomic E-state index is -3.70. The number of rotatable bonds is 6. The number of nitrogens with one attached hydrogen (secondary N) is 1. The molecule has 0 saturated heterocycles. The van der Waals surface area contributed by atoms with Crippen molar-refractivity contribution in [3.05, 3.63) is 59.4 Å². The van der Waals surface area contributed by atoms with Crippen LogP contribution >= 0.6 is 11.6 Å². The zero-order chi connectivity index (χ0) is 15.3. The number of halogens is 1. The number of sulfonamides is 1. The van der Waals surface area contributed by atoms with Gasteiger partial charge in [0, 0.05) is 12.2 Å². The highest BCUT2D eigenvalue weighted by Gasteiger charge is 2.23. The summed E-state index contributed by atoms with van der Waals surface area (Å²) in [6.07, 6.45) is 3.03. The van der Waals surface area contributed by atoms with E-state index < -0.39 is 10.0 Å². The quantitative estimate of drug-likeness (QED) is 0.827. The summed E-state index contributed by atoms with van der Waals surface area (Å²) in [6, 6.07) is 12.2. The molecular weight excluding hydrogens is 308 g/mol. The molecule has 0 aliphatic heterocycles. The van der Waals surface area contributed by atoms with Crippen molar-refractivity contribution in [2.24, 2.45) is 0 Å². The van der Waals surface area contributed by atoms with Crippen LogP contribution in [0.4, 0.5) is 0 Å². The van der Waals surface area contributed by atoms with E-state index in [4.69, 9.17) is 11.6 Å². The lowest BCUT2D eigenvalue weighted by Gasteiger charge is -2.19. The van der Waals surface area contributed by atoms with Gasteiger partial charge in [-0.05, 0) is 24.1 Å². The fourth-order valence-electron chi connectivity index (χ4n) is 2.09. The normalized spacial score (nSPS) is 13.0. The van der Waals surface area contributed by atoms with Gasteiger partial charge >= 0.3 is 0 Å². The van der Waals surface area contributed by atoms with Crippen LogP contribution in [0.15, 0.2) is 53.6 Å². The maximum Gasteiger partial charge on any atom is 0.244 e. The van der Waals surface area contributed by atoms with Crippen LogP contribution in [0.1, 0.15) is 31.4 Å². The number of nitrogens with zero attached hydrogens (tertiary/aromatic N) is 1. The van der Waals surface area contributed by atoms with Crippen molar-refractivity contribution in [1.29, 1.82) is 0 Å². The average Bonchev–Trinajstić information content (AvgIpc) is 2.48. The molecule has 112 valence electrons. The van der Waals surface area contributed by atoms with Crippen molar-refractivity contribution in [3.63, 3.8) is 0 Å². The molecule has 0 bridgehead atoms. The first-order valence-electron chi connectivity index (χ1n) is 6.72.